The molecule has 0 spiro atoms. The van der Waals surface area contributed by atoms with E-state index in [4.69, 9.17) is 0 Å². The Labute approximate surface area is 87.8 Å². The number of rotatable bonds is 2. The van der Waals surface area contributed by atoms with Gasteiger partial charge >= 0.3 is 0 Å². The van der Waals surface area contributed by atoms with Gasteiger partial charge in [0.25, 0.3) is 0 Å². The number of aryl methyl sites for hydroxylation is 1. The second kappa shape index (κ2) is 4.00. The van der Waals surface area contributed by atoms with Crippen LogP contribution < -0.4 is 0 Å². The SMILES string of the molecule is Cc1cc(C=O)ccc1-c1cncnc1. The maximum atomic E-state index is 10.6. The highest BCUT2D eigenvalue weighted by molar-refractivity contribution is 5.78. The average molecular weight is 198 g/mol. The summed E-state index contributed by atoms with van der Waals surface area (Å²) in [5, 5.41) is 0. The number of hydrogen-bond acceptors (Lipinski definition) is 3. The molecule has 3 nitrogen and oxygen atoms in total. The zero-order valence-electron chi connectivity index (χ0n) is 8.34. The Hall–Kier alpha value is -2.03. The van der Waals surface area contributed by atoms with Crippen molar-refractivity contribution >= 4 is 6.29 Å². The first kappa shape index (κ1) is 9.52. The molecule has 2 aromatic rings. The van der Waals surface area contributed by atoms with Crippen LogP contribution in [0.25, 0.3) is 11.1 Å². The number of aromatic nitrogens is 2. The minimum absolute atomic E-state index is 0.688. The van der Waals surface area contributed by atoms with Gasteiger partial charge in [0, 0.05) is 23.5 Å². The van der Waals surface area contributed by atoms with E-state index in [0.29, 0.717) is 5.56 Å². The summed E-state index contributed by atoms with van der Waals surface area (Å²) in [5.74, 6) is 0. The quantitative estimate of drug-likeness (QED) is 0.695. The molecule has 0 saturated heterocycles. The summed E-state index contributed by atoms with van der Waals surface area (Å²) in [7, 11) is 0. The third kappa shape index (κ3) is 1.91. The van der Waals surface area contributed by atoms with Gasteiger partial charge in [-0.1, -0.05) is 12.1 Å². The summed E-state index contributed by atoms with van der Waals surface area (Å²) in [6, 6.07) is 5.56. The molecule has 0 aliphatic heterocycles. The van der Waals surface area contributed by atoms with Crippen molar-refractivity contribution in [1.29, 1.82) is 0 Å². The van der Waals surface area contributed by atoms with E-state index >= 15 is 0 Å². The first-order chi connectivity index (χ1) is 7.31. The molecule has 0 amide bonds. The van der Waals surface area contributed by atoms with Crippen LogP contribution in [0.4, 0.5) is 0 Å². The Bertz CT molecular complexity index is 480. The van der Waals surface area contributed by atoms with Gasteiger partial charge in [-0.05, 0) is 24.1 Å². The largest absolute Gasteiger partial charge is 0.298 e. The Kier molecular flexibility index (Phi) is 2.54. The fourth-order valence-corrected chi connectivity index (χ4v) is 1.52. The Balaban J connectivity index is 2.51. The van der Waals surface area contributed by atoms with Crippen molar-refractivity contribution in [2.45, 2.75) is 6.92 Å². The van der Waals surface area contributed by atoms with Crippen molar-refractivity contribution in [2.75, 3.05) is 0 Å². The summed E-state index contributed by atoms with van der Waals surface area (Å²) in [5.41, 5.74) is 3.76. The number of benzene rings is 1. The lowest BCUT2D eigenvalue weighted by Gasteiger charge is -2.05. The minimum atomic E-state index is 0.688. The second-order valence-electron chi connectivity index (χ2n) is 3.32. The fraction of sp³-hybridized carbons (Fsp3) is 0.0833. The molecule has 0 N–H and O–H groups in total. The minimum Gasteiger partial charge on any atom is -0.298 e. The van der Waals surface area contributed by atoms with Gasteiger partial charge < -0.3 is 0 Å². The molecule has 0 radical (unpaired) electrons. The van der Waals surface area contributed by atoms with Crippen LogP contribution in [-0.4, -0.2) is 16.3 Å². The van der Waals surface area contributed by atoms with Crippen molar-refractivity contribution in [2.24, 2.45) is 0 Å². The highest BCUT2D eigenvalue weighted by Crippen LogP contribution is 2.22. The lowest BCUT2D eigenvalue weighted by Crippen LogP contribution is -1.88. The van der Waals surface area contributed by atoms with Gasteiger partial charge in [0.05, 0.1) is 0 Å². The van der Waals surface area contributed by atoms with Gasteiger partial charge in [0.2, 0.25) is 0 Å². The molecule has 0 aliphatic carbocycles. The third-order valence-electron chi connectivity index (χ3n) is 2.26. The molecular weight excluding hydrogens is 188 g/mol. The number of nitrogens with zero attached hydrogens (tertiary/aromatic N) is 2. The molecule has 1 aromatic heterocycles. The number of carbonyl (C=O) groups is 1. The monoisotopic (exact) mass is 198 g/mol. The van der Waals surface area contributed by atoms with Gasteiger partial charge in [-0.3, -0.25) is 4.79 Å². The molecule has 0 bridgehead atoms. The Morgan fingerprint density at radius 3 is 2.53 bits per heavy atom. The molecule has 0 fully saturated rings. The molecular formula is C12H10N2O. The van der Waals surface area contributed by atoms with Crippen LogP contribution in [0.5, 0.6) is 0 Å². The van der Waals surface area contributed by atoms with Crippen LogP contribution in [0, 0.1) is 6.92 Å². The van der Waals surface area contributed by atoms with E-state index in [0.717, 1.165) is 23.0 Å². The van der Waals surface area contributed by atoms with Gasteiger partial charge in [0.15, 0.2) is 0 Å². The smallest absolute Gasteiger partial charge is 0.150 e. The number of hydrogen-bond donors (Lipinski definition) is 0. The van der Waals surface area contributed by atoms with E-state index in [-0.39, 0.29) is 0 Å². The van der Waals surface area contributed by atoms with Gasteiger partial charge in [-0.25, -0.2) is 9.97 Å². The molecule has 0 unspecified atom stereocenters. The maximum Gasteiger partial charge on any atom is 0.150 e. The van der Waals surface area contributed by atoms with E-state index < -0.39 is 0 Å². The number of carbonyl (C=O) groups excluding carboxylic acids is 1. The van der Waals surface area contributed by atoms with Crippen LogP contribution in [-0.2, 0) is 0 Å². The maximum absolute atomic E-state index is 10.6. The normalized spacial score (nSPS) is 9.93. The van der Waals surface area contributed by atoms with Crippen LogP contribution in [0.1, 0.15) is 15.9 Å². The average Bonchev–Trinajstić information content (AvgIpc) is 2.30. The van der Waals surface area contributed by atoms with Crippen molar-refractivity contribution < 1.29 is 4.79 Å². The van der Waals surface area contributed by atoms with E-state index in [1.165, 1.54) is 6.33 Å². The predicted molar refractivity (Wildman–Crippen MR) is 57.6 cm³/mol. The van der Waals surface area contributed by atoms with Crippen LogP contribution in [0.15, 0.2) is 36.9 Å². The summed E-state index contributed by atoms with van der Waals surface area (Å²) in [6.07, 6.45) is 5.86. The van der Waals surface area contributed by atoms with E-state index in [9.17, 15) is 4.79 Å². The van der Waals surface area contributed by atoms with Crippen molar-refractivity contribution in [3.05, 3.63) is 48.0 Å². The van der Waals surface area contributed by atoms with Crippen LogP contribution in [0.2, 0.25) is 0 Å². The highest BCUT2D eigenvalue weighted by Gasteiger charge is 2.02. The standard InChI is InChI=1S/C12H10N2O/c1-9-4-10(7-15)2-3-12(9)11-5-13-8-14-6-11/h2-8H,1H3. The molecule has 1 heterocycles. The Morgan fingerprint density at radius 2 is 1.93 bits per heavy atom. The van der Waals surface area contributed by atoms with Gasteiger partial charge in [-0.15, -0.1) is 0 Å². The molecule has 0 atom stereocenters. The van der Waals surface area contributed by atoms with E-state index in [1.54, 1.807) is 18.5 Å². The highest BCUT2D eigenvalue weighted by atomic mass is 16.1. The fourth-order valence-electron chi connectivity index (χ4n) is 1.52. The first-order valence-corrected chi connectivity index (χ1v) is 4.62. The second-order valence-corrected chi connectivity index (χ2v) is 3.32. The van der Waals surface area contributed by atoms with Gasteiger partial charge in [-0.2, -0.15) is 0 Å². The van der Waals surface area contributed by atoms with Gasteiger partial charge in [0.1, 0.15) is 12.6 Å². The topological polar surface area (TPSA) is 42.9 Å². The zero-order valence-corrected chi connectivity index (χ0v) is 8.34. The van der Waals surface area contributed by atoms with Crippen LogP contribution >= 0.6 is 0 Å². The Morgan fingerprint density at radius 1 is 1.20 bits per heavy atom. The third-order valence-corrected chi connectivity index (χ3v) is 2.26. The molecule has 0 saturated carbocycles. The number of aldehydes is 1. The lowest BCUT2D eigenvalue weighted by atomic mass is 10.0. The zero-order chi connectivity index (χ0) is 10.7. The summed E-state index contributed by atoms with van der Waals surface area (Å²) < 4.78 is 0. The molecule has 2 rings (SSSR count). The van der Waals surface area contributed by atoms with E-state index in [2.05, 4.69) is 9.97 Å². The van der Waals surface area contributed by atoms with Crippen molar-refractivity contribution in [1.82, 2.24) is 9.97 Å². The van der Waals surface area contributed by atoms with E-state index in [1.807, 2.05) is 19.1 Å². The van der Waals surface area contributed by atoms with Crippen molar-refractivity contribution in [3.8, 4) is 11.1 Å². The summed E-state index contributed by atoms with van der Waals surface area (Å²) >= 11 is 0. The summed E-state index contributed by atoms with van der Waals surface area (Å²) in [6.45, 7) is 1.97. The molecule has 0 aliphatic rings. The van der Waals surface area contributed by atoms with Crippen LogP contribution in [0.3, 0.4) is 0 Å². The first-order valence-electron chi connectivity index (χ1n) is 4.62. The molecule has 1 aromatic carbocycles. The molecule has 3 heteroatoms. The molecule has 74 valence electrons. The molecule has 15 heavy (non-hydrogen) atoms. The predicted octanol–water partition coefficient (Wildman–Crippen LogP) is 2.26. The van der Waals surface area contributed by atoms with Crippen molar-refractivity contribution in [3.63, 3.8) is 0 Å². The summed E-state index contributed by atoms with van der Waals surface area (Å²) in [4.78, 5) is 18.5. The lowest BCUT2D eigenvalue weighted by molar-refractivity contribution is 0.112.